The van der Waals surface area contributed by atoms with Crippen molar-refractivity contribution in [3.05, 3.63) is 64.7 Å². The van der Waals surface area contributed by atoms with Gasteiger partial charge in [0.2, 0.25) is 0 Å². The Morgan fingerprint density at radius 2 is 1.72 bits per heavy atom. The van der Waals surface area contributed by atoms with Gasteiger partial charge in [0.05, 0.1) is 19.3 Å². The van der Waals surface area contributed by atoms with Crippen molar-refractivity contribution in [3.8, 4) is 0 Å². The summed E-state index contributed by atoms with van der Waals surface area (Å²) in [6, 6.07) is 14.4. The maximum atomic E-state index is 12.5. The van der Waals surface area contributed by atoms with E-state index in [1.165, 1.54) is 16.8 Å². The van der Waals surface area contributed by atoms with Crippen molar-refractivity contribution in [1.29, 1.82) is 0 Å². The van der Waals surface area contributed by atoms with Crippen molar-refractivity contribution >= 4 is 17.5 Å². The summed E-state index contributed by atoms with van der Waals surface area (Å²) in [5.41, 5.74) is 5.90. The van der Waals surface area contributed by atoms with E-state index in [1.54, 1.807) is 0 Å². The standard InChI is InChI=1S/C25H32N4O3/c1-18-3-5-19(6-4-18)16-26-24(30)25(31)27-17-23(29-11-13-32-14-12-29)20-7-8-22-21(15-20)9-10-28(22)2/h3-8,15,23H,9-14,16-17H2,1-2H3,(H,26,30)(H,27,31). The van der Waals surface area contributed by atoms with Crippen LogP contribution in [-0.4, -0.2) is 63.2 Å². The molecule has 2 aliphatic heterocycles. The number of nitrogens with one attached hydrogen (secondary N) is 2. The van der Waals surface area contributed by atoms with Crippen molar-refractivity contribution in [1.82, 2.24) is 15.5 Å². The van der Waals surface area contributed by atoms with Crippen molar-refractivity contribution in [2.45, 2.75) is 25.9 Å². The Morgan fingerprint density at radius 1 is 1.00 bits per heavy atom. The molecule has 0 aromatic heterocycles. The Morgan fingerprint density at radius 3 is 2.47 bits per heavy atom. The first-order chi connectivity index (χ1) is 15.5. The van der Waals surface area contributed by atoms with Crippen molar-refractivity contribution in [2.24, 2.45) is 0 Å². The molecule has 0 radical (unpaired) electrons. The van der Waals surface area contributed by atoms with Crippen LogP contribution in [0, 0.1) is 6.92 Å². The summed E-state index contributed by atoms with van der Waals surface area (Å²) in [5, 5.41) is 5.57. The highest BCUT2D eigenvalue weighted by Gasteiger charge is 2.26. The molecular formula is C25H32N4O3. The number of carbonyl (C=O) groups excluding carboxylic acids is 2. The second kappa shape index (κ2) is 10.1. The summed E-state index contributed by atoms with van der Waals surface area (Å²) in [4.78, 5) is 29.4. The molecule has 0 bridgehead atoms. The molecule has 2 aliphatic rings. The summed E-state index contributed by atoms with van der Waals surface area (Å²) in [5.74, 6) is -1.21. The second-order valence-electron chi connectivity index (χ2n) is 8.60. The highest BCUT2D eigenvalue weighted by Crippen LogP contribution is 2.31. The first-order valence-corrected chi connectivity index (χ1v) is 11.3. The molecule has 1 saturated heterocycles. The lowest BCUT2D eigenvalue weighted by atomic mass is 10.0. The quantitative estimate of drug-likeness (QED) is 0.676. The molecule has 2 amide bonds. The molecule has 1 atom stereocenters. The number of rotatable bonds is 6. The average Bonchev–Trinajstić information content (AvgIpc) is 3.19. The molecule has 2 aromatic carbocycles. The minimum absolute atomic E-state index is 0.00366. The molecule has 2 aromatic rings. The molecule has 7 heteroatoms. The van der Waals surface area contributed by atoms with Gasteiger partial charge < -0.3 is 20.3 Å². The number of carbonyl (C=O) groups is 2. The molecule has 0 saturated carbocycles. The number of amides is 2. The first-order valence-electron chi connectivity index (χ1n) is 11.3. The fourth-order valence-corrected chi connectivity index (χ4v) is 4.38. The van der Waals surface area contributed by atoms with E-state index in [0.717, 1.165) is 37.2 Å². The van der Waals surface area contributed by atoms with Crippen LogP contribution in [0.2, 0.25) is 0 Å². The van der Waals surface area contributed by atoms with Gasteiger partial charge in [-0.15, -0.1) is 0 Å². The van der Waals surface area contributed by atoms with Crippen LogP contribution in [0.1, 0.15) is 28.3 Å². The Balaban J connectivity index is 1.39. The predicted molar refractivity (Wildman–Crippen MR) is 125 cm³/mol. The number of fused-ring (bicyclic) bond motifs is 1. The number of hydrogen-bond donors (Lipinski definition) is 2. The van der Waals surface area contributed by atoms with E-state index < -0.39 is 11.8 Å². The smallest absolute Gasteiger partial charge is 0.309 e. The van der Waals surface area contributed by atoms with E-state index in [0.29, 0.717) is 26.3 Å². The van der Waals surface area contributed by atoms with Gasteiger partial charge in [-0.1, -0.05) is 42.0 Å². The first kappa shape index (κ1) is 22.3. The van der Waals surface area contributed by atoms with Gasteiger partial charge in [-0.3, -0.25) is 14.5 Å². The Labute approximate surface area is 189 Å². The second-order valence-corrected chi connectivity index (χ2v) is 8.60. The molecule has 32 heavy (non-hydrogen) atoms. The van der Waals surface area contributed by atoms with Gasteiger partial charge in [-0.25, -0.2) is 0 Å². The van der Waals surface area contributed by atoms with Crippen LogP contribution < -0.4 is 15.5 Å². The van der Waals surface area contributed by atoms with E-state index in [2.05, 4.69) is 45.7 Å². The number of anilines is 1. The SMILES string of the molecule is Cc1ccc(CNC(=O)C(=O)NCC(c2ccc3c(c2)CCN3C)N2CCOCC2)cc1. The van der Waals surface area contributed by atoms with E-state index in [9.17, 15) is 9.59 Å². The number of nitrogens with zero attached hydrogens (tertiary/aromatic N) is 2. The topological polar surface area (TPSA) is 73.9 Å². The van der Waals surface area contributed by atoms with Crippen LogP contribution in [0.4, 0.5) is 5.69 Å². The zero-order valence-corrected chi connectivity index (χ0v) is 18.9. The molecule has 7 nitrogen and oxygen atoms in total. The molecule has 2 N–H and O–H groups in total. The predicted octanol–water partition coefficient (Wildman–Crippen LogP) is 1.79. The lowest BCUT2D eigenvalue weighted by Crippen LogP contribution is -2.46. The number of likely N-dealkylation sites (N-methyl/N-ethyl adjacent to an activating group) is 1. The zero-order valence-electron chi connectivity index (χ0n) is 18.9. The van der Waals surface area contributed by atoms with Crippen LogP contribution in [0.3, 0.4) is 0 Å². The molecule has 0 spiro atoms. The fraction of sp³-hybridized carbons (Fsp3) is 0.440. The van der Waals surface area contributed by atoms with Gasteiger partial charge in [0.25, 0.3) is 0 Å². The number of aryl methyl sites for hydroxylation is 1. The number of morpholine rings is 1. The largest absolute Gasteiger partial charge is 0.379 e. The average molecular weight is 437 g/mol. The van der Waals surface area contributed by atoms with E-state index in [4.69, 9.17) is 4.74 Å². The summed E-state index contributed by atoms with van der Waals surface area (Å²) < 4.78 is 5.52. The number of benzene rings is 2. The van der Waals surface area contributed by atoms with Crippen molar-refractivity contribution in [2.75, 3.05) is 51.3 Å². The van der Waals surface area contributed by atoms with Crippen molar-refractivity contribution < 1.29 is 14.3 Å². The van der Waals surface area contributed by atoms with Crippen molar-refractivity contribution in [3.63, 3.8) is 0 Å². The van der Waals surface area contributed by atoms with Gasteiger partial charge in [-0.05, 0) is 36.1 Å². The Kier molecular flexibility index (Phi) is 7.07. The summed E-state index contributed by atoms with van der Waals surface area (Å²) >= 11 is 0. The maximum absolute atomic E-state index is 12.5. The fourth-order valence-electron chi connectivity index (χ4n) is 4.38. The van der Waals surface area contributed by atoms with Crippen LogP contribution in [-0.2, 0) is 27.3 Å². The maximum Gasteiger partial charge on any atom is 0.309 e. The minimum Gasteiger partial charge on any atom is -0.379 e. The third kappa shape index (κ3) is 5.29. The lowest BCUT2D eigenvalue weighted by molar-refractivity contribution is -0.139. The van der Waals surface area contributed by atoms with Crippen LogP contribution >= 0.6 is 0 Å². The molecule has 170 valence electrons. The lowest BCUT2D eigenvalue weighted by Gasteiger charge is -2.35. The van der Waals surface area contributed by atoms with Crippen LogP contribution in [0.15, 0.2) is 42.5 Å². The summed E-state index contributed by atoms with van der Waals surface area (Å²) in [7, 11) is 2.11. The van der Waals surface area contributed by atoms with Gasteiger partial charge in [0.15, 0.2) is 0 Å². The number of hydrogen-bond acceptors (Lipinski definition) is 5. The summed E-state index contributed by atoms with van der Waals surface area (Å²) in [6.07, 6.45) is 1.03. The van der Waals surface area contributed by atoms with Gasteiger partial charge in [0, 0.05) is 45.5 Å². The van der Waals surface area contributed by atoms with Gasteiger partial charge in [-0.2, -0.15) is 0 Å². The number of ether oxygens (including phenoxy) is 1. The normalized spacial score (nSPS) is 17.0. The molecule has 2 heterocycles. The third-order valence-electron chi connectivity index (χ3n) is 6.34. The van der Waals surface area contributed by atoms with Crippen LogP contribution in [0.5, 0.6) is 0 Å². The monoisotopic (exact) mass is 436 g/mol. The third-order valence-corrected chi connectivity index (χ3v) is 6.34. The highest BCUT2D eigenvalue weighted by molar-refractivity contribution is 6.35. The molecule has 4 rings (SSSR count). The zero-order chi connectivity index (χ0) is 22.5. The highest BCUT2D eigenvalue weighted by atomic mass is 16.5. The molecular weight excluding hydrogens is 404 g/mol. The molecule has 1 fully saturated rings. The van der Waals surface area contributed by atoms with Gasteiger partial charge in [0.1, 0.15) is 0 Å². The Hall–Kier alpha value is -2.90. The summed E-state index contributed by atoms with van der Waals surface area (Å²) in [6.45, 7) is 6.71. The van der Waals surface area contributed by atoms with E-state index >= 15 is 0 Å². The van der Waals surface area contributed by atoms with Crippen LogP contribution in [0.25, 0.3) is 0 Å². The van der Waals surface area contributed by atoms with E-state index in [-0.39, 0.29) is 6.04 Å². The molecule has 1 unspecified atom stereocenters. The Bertz CT molecular complexity index is 954. The minimum atomic E-state index is -0.609. The van der Waals surface area contributed by atoms with E-state index in [1.807, 2.05) is 31.2 Å². The molecule has 0 aliphatic carbocycles. The van der Waals surface area contributed by atoms with Gasteiger partial charge >= 0.3 is 11.8 Å².